The van der Waals surface area contributed by atoms with E-state index in [1.165, 1.54) is 12.1 Å². The topological polar surface area (TPSA) is 4.93 Å². The van der Waals surface area contributed by atoms with Crippen LogP contribution in [0.1, 0.15) is 36.6 Å². The van der Waals surface area contributed by atoms with Gasteiger partial charge in [0.25, 0.3) is 0 Å². The van der Waals surface area contributed by atoms with Crippen LogP contribution in [0, 0.1) is 18.6 Å². The van der Waals surface area contributed by atoms with Crippen LogP contribution in [0.4, 0.5) is 8.78 Å². The van der Waals surface area contributed by atoms with Crippen molar-refractivity contribution in [3.8, 4) is 5.69 Å². The van der Waals surface area contributed by atoms with Crippen LogP contribution < -0.4 is 0 Å². The first-order chi connectivity index (χ1) is 9.66. The Labute approximate surface area is 117 Å². The molecular weight excluding hydrogens is 256 g/mol. The van der Waals surface area contributed by atoms with Crippen LogP contribution in [0.3, 0.4) is 0 Å². The Balaban J connectivity index is 2.08. The third kappa shape index (κ3) is 2.28. The molecule has 1 nitrogen and oxygen atoms in total. The minimum atomic E-state index is -0.543. The van der Waals surface area contributed by atoms with Crippen LogP contribution in [0.2, 0.25) is 0 Å². The van der Waals surface area contributed by atoms with Gasteiger partial charge < -0.3 is 4.57 Å². The standard InChI is InChI=1S/C17H17F2N/c1-12-7-9-16(13-5-3-2-4-6-13)20(12)17-10-8-14(18)11-15(17)19/h2-3,7-11,13H,4-6H2,1H3. The van der Waals surface area contributed by atoms with E-state index in [0.29, 0.717) is 11.6 Å². The summed E-state index contributed by atoms with van der Waals surface area (Å²) in [6.07, 6.45) is 7.48. The fraction of sp³-hybridized carbons (Fsp3) is 0.294. The van der Waals surface area contributed by atoms with Gasteiger partial charge in [-0.15, -0.1) is 0 Å². The lowest BCUT2D eigenvalue weighted by Gasteiger charge is -2.21. The maximum absolute atomic E-state index is 14.1. The Bertz CT molecular complexity index is 655. The van der Waals surface area contributed by atoms with Gasteiger partial charge in [-0.2, -0.15) is 0 Å². The van der Waals surface area contributed by atoms with E-state index >= 15 is 0 Å². The minimum Gasteiger partial charge on any atom is -0.315 e. The van der Waals surface area contributed by atoms with E-state index in [-0.39, 0.29) is 0 Å². The van der Waals surface area contributed by atoms with Gasteiger partial charge in [0.1, 0.15) is 11.6 Å². The smallest absolute Gasteiger partial charge is 0.150 e. The van der Waals surface area contributed by atoms with Gasteiger partial charge in [-0.1, -0.05) is 12.2 Å². The maximum Gasteiger partial charge on any atom is 0.150 e. The number of allylic oxidation sites excluding steroid dienone is 2. The fourth-order valence-electron chi connectivity index (χ4n) is 2.93. The minimum absolute atomic E-state index is 0.401. The Morgan fingerprint density at radius 3 is 2.65 bits per heavy atom. The van der Waals surface area contributed by atoms with E-state index in [9.17, 15) is 8.78 Å². The van der Waals surface area contributed by atoms with E-state index in [1.54, 1.807) is 0 Å². The van der Waals surface area contributed by atoms with E-state index in [1.807, 2.05) is 17.6 Å². The zero-order chi connectivity index (χ0) is 14.1. The Hall–Kier alpha value is -1.90. The number of rotatable bonds is 2. The van der Waals surface area contributed by atoms with Gasteiger partial charge in [0.05, 0.1) is 5.69 Å². The summed E-state index contributed by atoms with van der Waals surface area (Å²) in [5, 5.41) is 0. The normalized spacial score (nSPS) is 18.4. The molecule has 0 N–H and O–H groups in total. The van der Waals surface area contributed by atoms with Crippen LogP contribution in [0.5, 0.6) is 0 Å². The van der Waals surface area contributed by atoms with Crippen molar-refractivity contribution in [2.75, 3.05) is 0 Å². The molecule has 0 spiro atoms. The number of benzene rings is 1. The summed E-state index contributed by atoms with van der Waals surface area (Å²) in [6.45, 7) is 1.95. The average Bonchev–Trinajstić information content (AvgIpc) is 2.82. The Morgan fingerprint density at radius 1 is 1.10 bits per heavy atom. The van der Waals surface area contributed by atoms with Crippen molar-refractivity contribution in [3.05, 3.63) is 65.5 Å². The predicted molar refractivity (Wildman–Crippen MR) is 76.2 cm³/mol. The van der Waals surface area contributed by atoms with Gasteiger partial charge in [0, 0.05) is 23.4 Å². The molecule has 0 aliphatic heterocycles. The molecule has 0 fully saturated rings. The summed E-state index contributed by atoms with van der Waals surface area (Å²) in [7, 11) is 0. The van der Waals surface area contributed by atoms with Crippen LogP contribution >= 0.6 is 0 Å². The molecule has 3 heteroatoms. The largest absolute Gasteiger partial charge is 0.315 e. The van der Waals surface area contributed by atoms with Crippen molar-refractivity contribution in [1.29, 1.82) is 0 Å². The van der Waals surface area contributed by atoms with Crippen molar-refractivity contribution in [2.45, 2.75) is 32.1 Å². The third-order valence-corrected chi connectivity index (χ3v) is 3.94. The quantitative estimate of drug-likeness (QED) is 0.687. The van der Waals surface area contributed by atoms with Crippen LogP contribution in [0.15, 0.2) is 42.5 Å². The van der Waals surface area contributed by atoms with Crippen LogP contribution in [-0.4, -0.2) is 4.57 Å². The van der Waals surface area contributed by atoms with Gasteiger partial charge in [-0.05, 0) is 50.5 Å². The summed E-state index contributed by atoms with van der Waals surface area (Å²) < 4.78 is 29.1. The van der Waals surface area contributed by atoms with Crippen molar-refractivity contribution in [1.82, 2.24) is 4.57 Å². The van der Waals surface area contributed by atoms with Gasteiger partial charge in [-0.3, -0.25) is 0 Å². The molecule has 2 aromatic rings. The lowest BCUT2D eigenvalue weighted by Crippen LogP contribution is -2.10. The summed E-state index contributed by atoms with van der Waals surface area (Å²) in [4.78, 5) is 0. The van der Waals surface area contributed by atoms with E-state index in [2.05, 4.69) is 18.2 Å². The molecule has 1 aliphatic rings. The molecule has 1 heterocycles. The highest BCUT2D eigenvalue weighted by molar-refractivity contribution is 5.40. The SMILES string of the molecule is Cc1ccc(C2CC=CCC2)n1-c1ccc(F)cc1F. The molecule has 1 unspecified atom stereocenters. The first-order valence-corrected chi connectivity index (χ1v) is 6.95. The molecule has 1 aliphatic carbocycles. The molecule has 104 valence electrons. The van der Waals surface area contributed by atoms with Crippen LogP contribution in [0.25, 0.3) is 5.69 Å². The second-order valence-corrected chi connectivity index (χ2v) is 5.31. The molecule has 1 aromatic carbocycles. The summed E-state index contributed by atoms with van der Waals surface area (Å²) >= 11 is 0. The highest BCUT2D eigenvalue weighted by atomic mass is 19.1. The monoisotopic (exact) mass is 273 g/mol. The fourth-order valence-corrected chi connectivity index (χ4v) is 2.93. The number of aromatic nitrogens is 1. The summed E-state index contributed by atoms with van der Waals surface area (Å²) in [5.41, 5.74) is 2.51. The summed E-state index contributed by atoms with van der Waals surface area (Å²) in [5.74, 6) is -0.659. The predicted octanol–water partition coefficient (Wildman–Crippen LogP) is 4.89. The van der Waals surface area contributed by atoms with Gasteiger partial charge in [0.15, 0.2) is 0 Å². The number of hydrogen-bond acceptors (Lipinski definition) is 0. The second kappa shape index (κ2) is 5.23. The third-order valence-electron chi connectivity index (χ3n) is 3.94. The highest BCUT2D eigenvalue weighted by Crippen LogP contribution is 2.33. The Kier molecular flexibility index (Phi) is 3.43. The number of hydrogen-bond donors (Lipinski definition) is 0. The number of nitrogens with zero attached hydrogens (tertiary/aromatic N) is 1. The van der Waals surface area contributed by atoms with Gasteiger partial charge >= 0.3 is 0 Å². The first-order valence-electron chi connectivity index (χ1n) is 6.95. The lowest BCUT2D eigenvalue weighted by atomic mass is 9.91. The lowest BCUT2D eigenvalue weighted by molar-refractivity contribution is 0.561. The molecule has 3 rings (SSSR count). The Morgan fingerprint density at radius 2 is 1.95 bits per heavy atom. The highest BCUT2D eigenvalue weighted by Gasteiger charge is 2.19. The molecule has 1 atom stereocenters. The average molecular weight is 273 g/mol. The molecule has 0 bridgehead atoms. The zero-order valence-corrected chi connectivity index (χ0v) is 11.4. The van der Waals surface area contributed by atoms with E-state index in [4.69, 9.17) is 0 Å². The summed E-state index contributed by atoms with van der Waals surface area (Å²) in [6, 6.07) is 7.82. The molecule has 1 aromatic heterocycles. The maximum atomic E-state index is 14.1. The molecule has 0 radical (unpaired) electrons. The molecule has 0 amide bonds. The van der Waals surface area contributed by atoms with Gasteiger partial charge in [0.2, 0.25) is 0 Å². The molecule has 20 heavy (non-hydrogen) atoms. The molecule has 0 saturated heterocycles. The zero-order valence-electron chi connectivity index (χ0n) is 11.4. The molecule has 0 saturated carbocycles. The van der Waals surface area contributed by atoms with Crippen molar-refractivity contribution in [3.63, 3.8) is 0 Å². The number of aryl methyl sites for hydroxylation is 1. The second-order valence-electron chi connectivity index (χ2n) is 5.31. The van der Waals surface area contributed by atoms with Crippen molar-refractivity contribution >= 4 is 0 Å². The van der Waals surface area contributed by atoms with E-state index < -0.39 is 11.6 Å². The number of halogens is 2. The van der Waals surface area contributed by atoms with E-state index in [0.717, 1.165) is 36.7 Å². The molecular formula is C17H17F2N. The van der Waals surface area contributed by atoms with Crippen molar-refractivity contribution in [2.24, 2.45) is 0 Å². The van der Waals surface area contributed by atoms with Crippen LogP contribution in [-0.2, 0) is 0 Å². The van der Waals surface area contributed by atoms with Gasteiger partial charge in [-0.25, -0.2) is 8.78 Å². The first kappa shape index (κ1) is 13.1. The van der Waals surface area contributed by atoms with Crippen molar-refractivity contribution < 1.29 is 8.78 Å².